The summed E-state index contributed by atoms with van der Waals surface area (Å²) in [5.74, 6) is -1.46. The molecule has 0 aliphatic carbocycles. The quantitative estimate of drug-likeness (QED) is 0.780. The van der Waals surface area contributed by atoms with E-state index in [2.05, 4.69) is 9.97 Å². The van der Waals surface area contributed by atoms with Gasteiger partial charge in [-0.3, -0.25) is 4.98 Å². The molecule has 2 aromatic heterocycles. The molecule has 0 aliphatic rings. The molecule has 2 rings (SSSR count). The maximum Gasteiger partial charge on any atom is 0.360 e. The molecule has 0 aromatic carbocycles. The first-order valence-corrected chi connectivity index (χ1v) is 5.46. The Balaban J connectivity index is 2.41. The van der Waals surface area contributed by atoms with E-state index in [0.29, 0.717) is 11.3 Å². The molecule has 0 N–H and O–H groups in total. The molecule has 0 unspecified atom stereocenters. The molecule has 0 fully saturated rings. The lowest BCUT2D eigenvalue weighted by Gasteiger charge is -2.05. The van der Waals surface area contributed by atoms with Gasteiger partial charge in [0.05, 0.1) is 12.3 Å². The van der Waals surface area contributed by atoms with Gasteiger partial charge in [0.15, 0.2) is 11.5 Å². The van der Waals surface area contributed by atoms with Gasteiger partial charge in [-0.15, -0.1) is 0 Å². The number of carbonyl (C=O) groups is 1. The Morgan fingerprint density at radius 2 is 2.22 bits per heavy atom. The molecule has 0 amide bonds. The molecule has 0 atom stereocenters. The van der Waals surface area contributed by atoms with Crippen molar-refractivity contribution in [1.29, 1.82) is 0 Å². The number of esters is 1. The lowest BCUT2D eigenvalue weighted by Crippen LogP contribution is -2.10. The Hall–Kier alpha value is -2.30. The Morgan fingerprint density at radius 3 is 2.89 bits per heavy atom. The van der Waals surface area contributed by atoms with Gasteiger partial charge in [-0.25, -0.2) is 14.2 Å². The molecule has 92 valence electrons. The van der Waals surface area contributed by atoms with Crippen molar-refractivity contribution in [3.05, 3.63) is 48.2 Å². The average Bonchev–Trinajstić information content (AvgIpc) is 2.40. The highest BCUT2D eigenvalue weighted by Gasteiger charge is 2.16. The van der Waals surface area contributed by atoms with Gasteiger partial charge in [0.25, 0.3) is 0 Å². The van der Waals surface area contributed by atoms with Crippen LogP contribution in [0.5, 0.6) is 0 Å². The molecule has 0 radical (unpaired) electrons. The topological polar surface area (TPSA) is 52.1 Å². The number of pyridine rings is 2. The predicted octanol–water partition coefficient (Wildman–Crippen LogP) is 2.46. The van der Waals surface area contributed by atoms with Crippen molar-refractivity contribution in [2.45, 2.75) is 6.92 Å². The molecule has 0 saturated carbocycles. The highest BCUT2D eigenvalue weighted by molar-refractivity contribution is 5.88. The van der Waals surface area contributed by atoms with E-state index in [1.165, 1.54) is 12.1 Å². The maximum atomic E-state index is 13.5. The minimum absolute atomic E-state index is 0.178. The van der Waals surface area contributed by atoms with E-state index in [4.69, 9.17) is 4.74 Å². The van der Waals surface area contributed by atoms with Crippen molar-refractivity contribution in [1.82, 2.24) is 9.97 Å². The number of hydrogen-bond donors (Lipinski definition) is 0. The van der Waals surface area contributed by atoms with Gasteiger partial charge >= 0.3 is 5.97 Å². The van der Waals surface area contributed by atoms with E-state index in [1.807, 2.05) is 0 Å². The van der Waals surface area contributed by atoms with Crippen LogP contribution in [0.3, 0.4) is 0 Å². The van der Waals surface area contributed by atoms with E-state index < -0.39 is 11.8 Å². The SMILES string of the molecule is CCOC(=O)c1nc(-c2cccnc2)ccc1F. The number of aromatic nitrogens is 2. The fourth-order valence-corrected chi connectivity index (χ4v) is 1.46. The van der Waals surface area contributed by atoms with Crippen LogP contribution in [0, 0.1) is 5.82 Å². The molecule has 0 saturated heterocycles. The van der Waals surface area contributed by atoms with Crippen LogP contribution in [-0.2, 0) is 4.74 Å². The minimum Gasteiger partial charge on any atom is -0.461 e. The van der Waals surface area contributed by atoms with Crippen LogP contribution in [0.4, 0.5) is 4.39 Å². The van der Waals surface area contributed by atoms with E-state index in [1.54, 1.807) is 31.5 Å². The summed E-state index contributed by atoms with van der Waals surface area (Å²) < 4.78 is 18.2. The summed E-state index contributed by atoms with van der Waals surface area (Å²) in [7, 11) is 0. The Morgan fingerprint density at radius 1 is 1.39 bits per heavy atom. The molecular formula is C13H11FN2O2. The Labute approximate surface area is 103 Å². The highest BCUT2D eigenvalue weighted by atomic mass is 19.1. The van der Waals surface area contributed by atoms with E-state index in [9.17, 15) is 9.18 Å². The fourth-order valence-electron chi connectivity index (χ4n) is 1.46. The van der Waals surface area contributed by atoms with Crippen LogP contribution in [0.25, 0.3) is 11.3 Å². The first-order chi connectivity index (χ1) is 8.72. The third-order valence-corrected chi connectivity index (χ3v) is 2.27. The standard InChI is InChI=1S/C13H11FN2O2/c1-2-18-13(17)12-10(14)5-6-11(16-12)9-4-3-7-15-8-9/h3-8H,2H2,1H3. The summed E-state index contributed by atoms with van der Waals surface area (Å²) in [4.78, 5) is 19.4. The van der Waals surface area contributed by atoms with Gasteiger partial charge in [-0.1, -0.05) is 0 Å². The summed E-state index contributed by atoms with van der Waals surface area (Å²) in [6.07, 6.45) is 3.22. The van der Waals surface area contributed by atoms with Crippen molar-refractivity contribution < 1.29 is 13.9 Å². The molecule has 2 aromatic rings. The van der Waals surface area contributed by atoms with Crippen molar-refractivity contribution in [2.75, 3.05) is 6.61 Å². The largest absolute Gasteiger partial charge is 0.461 e. The highest BCUT2D eigenvalue weighted by Crippen LogP contribution is 2.17. The number of carbonyl (C=O) groups excluding carboxylic acids is 1. The van der Waals surface area contributed by atoms with E-state index >= 15 is 0 Å². The second-order valence-corrected chi connectivity index (χ2v) is 3.49. The van der Waals surface area contributed by atoms with Crippen LogP contribution >= 0.6 is 0 Å². The van der Waals surface area contributed by atoms with Crippen LogP contribution in [0.15, 0.2) is 36.7 Å². The van der Waals surface area contributed by atoms with E-state index in [-0.39, 0.29) is 12.3 Å². The molecule has 2 heterocycles. The summed E-state index contributed by atoms with van der Waals surface area (Å²) >= 11 is 0. The second kappa shape index (κ2) is 5.35. The van der Waals surface area contributed by atoms with Gasteiger partial charge in [0, 0.05) is 18.0 Å². The zero-order valence-electron chi connectivity index (χ0n) is 9.76. The van der Waals surface area contributed by atoms with Crippen LogP contribution < -0.4 is 0 Å². The number of nitrogens with zero attached hydrogens (tertiary/aromatic N) is 2. The zero-order valence-corrected chi connectivity index (χ0v) is 9.76. The minimum atomic E-state index is -0.763. The van der Waals surface area contributed by atoms with Crippen LogP contribution in [-0.4, -0.2) is 22.5 Å². The number of hydrogen-bond acceptors (Lipinski definition) is 4. The van der Waals surface area contributed by atoms with Crippen molar-refractivity contribution >= 4 is 5.97 Å². The molecule has 0 spiro atoms. The maximum absolute atomic E-state index is 13.5. The van der Waals surface area contributed by atoms with Crippen molar-refractivity contribution in [3.8, 4) is 11.3 Å². The number of rotatable bonds is 3. The lowest BCUT2D eigenvalue weighted by atomic mass is 10.2. The van der Waals surface area contributed by atoms with Crippen molar-refractivity contribution in [2.24, 2.45) is 0 Å². The molecule has 5 heteroatoms. The average molecular weight is 246 g/mol. The van der Waals surface area contributed by atoms with Gasteiger partial charge < -0.3 is 4.74 Å². The summed E-state index contributed by atoms with van der Waals surface area (Å²) in [6, 6.07) is 6.21. The third-order valence-electron chi connectivity index (χ3n) is 2.27. The smallest absolute Gasteiger partial charge is 0.360 e. The molecule has 0 bridgehead atoms. The zero-order chi connectivity index (χ0) is 13.0. The molecule has 0 aliphatic heterocycles. The summed E-state index contributed by atoms with van der Waals surface area (Å²) in [5, 5.41) is 0. The van der Waals surface area contributed by atoms with Gasteiger partial charge in [0.2, 0.25) is 0 Å². The Kier molecular flexibility index (Phi) is 3.62. The number of halogens is 1. The first kappa shape index (κ1) is 12.2. The normalized spacial score (nSPS) is 10.1. The van der Waals surface area contributed by atoms with Crippen LogP contribution in [0.1, 0.15) is 17.4 Å². The van der Waals surface area contributed by atoms with Crippen molar-refractivity contribution in [3.63, 3.8) is 0 Å². The van der Waals surface area contributed by atoms with Gasteiger partial charge in [-0.2, -0.15) is 0 Å². The second-order valence-electron chi connectivity index (χ2n) is 3.49. The van der Waals surface area contributed by atoms with E-state index in [0.717, 1.165) is 0 Å². The monoisotopic (exact) mass is 246 g/mol. The summed E-state index contributed by atoms with van der Waals surface area (Å²) in [5.41, 5.74) is 0.883. The summed E-state index contributed by atoms with van der Waals surface area (Å²) in [6.45, 7) is 1.83. The first-order valence-electron chi connectivity index (χ1n) is 5.46. The molecular weight excluding hydrogens is 235 g/mol. The Bertz CT molecular complexity index is 558. The predicted molar refractivity (Wildman–Crippen MR) is 63.4 cm³/mol. The third kappa shape index (κ3) is 2.51. The van der Waals surface area contributed by atoms with Crippen LogP contribution in [0.2, 0.25) is 0 Å². The van der Waals surface area contributed by atoms with Gasteiger partial charge in [-0.05, 0) is 31.2 Å². The van der Waals surface area contributed by atoms with Gasteiger partial charge in [0.1, 0.15) is 0 Å². The molecule has 4 nitrogen and oxygen atoms in total. The number of ether oxygens (including phenoxy) is 1. The fraction of sp³-hybridized carbons (Fsp3) is 0.154. The lowest BCUT2D eigenvalue weighted by molar-refractivity contribution is 0.0514. The molecule has 18 heavy (non-hydrogen) atoms.